The molecule has 1 aromatic carbocycles. The lowest BCUT2D eigenvalue weighted by Gasteiger charge is -2.05. The summed E-state index contributed by atoms with van der Waals surface area (Å²) in [7, 11) is 0. The molecule has 0 fully saturated rings. The molecule has 0 saturated heterocycles. The largest absolute Gasteiger partial charge is 0.369 e. The first kappa shape index (κ1) is 10.6. The third-order valence-corrected chi connectivity index (χ3v) is 2.69. The lowest BCUT2D eigenvalue weighted by molar-refractivity contribution is -0.117. The van der Waals surface area contributed by atoms with E-state index in [0.29, 0.717) is 15.6 Å². The number of carbonyl (C=O) groups excluding carboxylic acids is 1. The topological polar surface area (TPSA) is 43.1 Å². The molecule has 2 N–H and O–H groups in total. The Morgan fingerprint density at radius 1 is 1.23 bits per heavy atom. The van der Waals surface area contributed by atoms with Crippen LogP contribution in [0.4, 0.5) is 0 Å². The van der Waals surface area contributed by atoms with Gasteiger partial charge < -0.3 is 5.73 Å². The van der Waals surface area contributed by atoms with E-state index in [1.54, 1.807) is 12.1 Å². The highest BCUT2D eigenvalue weighted by Crippen LogP contribution is 2.31. The summed E-state index contributed by atoms with van der Waals surface area (Å²) >= 11 is 17.3. The van der Waals surface area contributed by atoms with Gasteiger partial charge in [-0.15, -0.1) is 0 Å². The van der Waals surface area contributed by atoms with E-state index in [2.05, 4.69) is 0 Å². The van der Waals surface area contributed by atoms with Gasteiger partial charge in [-0.1, -0.05) is 34.8 Å². The molecule has 0 saturated carbocycles. The Kier molecular flexibility index (Phi) is 3.42. The van der Waals surface area contributed by atoms with Crippen molar-refractivity contribution >= 4 is 40.7 Å². The van der Waals surface area contributed by atoms with Gasteiger partial charge in [0.05, 0.1) is 16.5 Å². The Morgan fingerprint density at radius 3 is 2.31 bits per heavy atom. The lowest BCUT2D eigenvalue weighted by Crippen LogP contribution is -2.14. The number of amides is 1. The minimum Gasteiger partial charge on any atom is -0.369 e. The molecule has 0 unspecified atom stereocenters. The van der Waals surface area contributed by atoms with Crippen molar-refractivity contribution in [3.63, 3.8) is 0 Å². The number of carbonyl (C=O) groups is 1. The number of hydrogen-bond donors (Lipinski definition) is 1. The fourth-order valence-corrected chi connectivity index (χ4v) is 1.59. The lowest BCUT2D eigenvalue weighted by atomic mass is 10.1. The van der Waals surface area contributed by atoms with Gasteiger partial charge in [0.15, 0.2) is 0 Å². The summed E-state index contributed by atoms with van der Waals surface area (Å²) in [5.74, 6) is -0.494. The molecule has 0 spiro atoms. The number of benzene rings is 1. The van der Waals surface area contributed by atoms with Crippen molar-refractivity contribution < 1.29 is 4.79 Å². The number of hydrogen-bond acceptors (Lipinski definition) is 1. The third kappa shape index (κ3) is 2.50. The standard InChI is InChI=1S/C8H6Cl3NO/c9-5-1-2-6(10)8(11)4(5)3-7(12)13/h1-2H,3H2,(H2,12,13). The van der Waals surface area contributed by atoms with Gasteiger partial charge in [0.2, 0.25) is 5.91 Å². The van der Waals surface area contributed by atoms with Crippen molar-refractivity contribution in [3.8, 4) is 0 Å². The van der Waals surface area contributed by atoms with Crippen LogP contribution in [0.15, 0.2) is 12.1 Å². The van der Waals surface area contributed by atoms with Gasteiger partial charge in [0.25, 0.3) is 0 Å². The second-order valence-corrected chi connectivity index (χ2v) is 3.66. The van der Waals surface area contributed by atoms with E-state index >= 15 is 0 Å². The summed E-state index contributed by atoms with van der Waals surface area (Å²) in [6, 6.07) is 3.14. The summed E-state index contributed by atoms with van der Waals surface area (Å²) in [6.07, 6.45) is -0.00176. The predicted molar refractivity (Wildman–Crippen MR) is 54.4 cm³/mol. The SMILES string of the molecule is NC(=O)Cc1c(Cl)ccc(Cl)c1Cl. The summed E-state index contributed by atoms with van der Waals surface area (Å²) in [6.45, 7) is 0. The average molecular weight is 239 g/mol. The van der Waals surface area contributed by atoms with E-state index in [9.17, 15) is 4.79 Å². The Balaban J connectivity index is 3.17. The zero-order chi connectivity index (χ0) is 10.0. The van der Waals surface area contributed by atoms with Crippen molar-refractivity contribution in [1.29, 1.82) is 0 Å². The van der Waals surface area contributed by atoms with Crippen molar-refractivity contribution in [1.82, 2.24) is 0 Å². The van der Waals surface area contributed by atoms with Crippen LogP contribution in [0.25, 0.3) is 0 Å². The number of nitrogens with two attached hydrogens (primary N) is 1. The molecule has 0 radical (unpaired) electrons. The molecular formula is C8H6Cl3NO. The molecule has 0 aliphatic heterocycles. The van der Waals surface area contributed by atoms with Crippen LogP contribution in [0.2, 0.25) is 15.1 Å². The smallest absolute Gasteiger partial charge is 0.221 e. The highest BCUT2D eigenvalue weighted by atomic mass is 35.5. The van der Waals surface area contributed by atoms with Gasteiger partial charge in [-0.25, -0.2) is 0 Å². The molecule has 1 aromatic rings. The Labute approximate surface area is 90.6 Å². The summed E-state index contributed by atoms with van der Waals surface area (Å²) in [4.78, 5) is 10.6. The summed E-state index contributed by atoms with van der Waals surface area (Å²) in [5.41, 5.74) is 5.49. The average Bonchev–Trinajstić information content (AvgIpc) is 2.05. The van der Waals surface area contributed by atoms with Crippen LogP contribution < -0.4 is 5.73 Å². The van der Waals surface area contributed by atoms with E-state index < -0.39 is 5.91 Å². The van der Waals surface area contributed by atoms with Gasteiger partial charge in [-0.2, -0.15) is 0 Å². The van der Waals surface area contributed by atoms with Gasteiger partial charge in [0.1, 0.15) is 0 Å². The fourth-order valence-electron chi connectivity index (χ4n) is 0.905. The zero-order valence-corrected chi connectivity index (χ0v) is 8.75. The van der Waals surface area contributed by atoms with Crippen LogP contribution in [0, 0.1) is 0 Å². The monoisotopic (exact) mass is 237 g/mol. The molecule has 13 heavy (non-hydrogen) atoms. The maximum Gasteiger partial charge on any atom is 0.221 e. The highest BCUT2D eigenvalue weighted by molar-refractivity contribution is 6.44. The molecule has 0 heterocycles. The second kappa shape index (κ2) is 4.18. The molecule has 0 aliphatic rings. The first-order valence-corrected chi connectivity index (χ1v) is 4.56. The van der Waals surface area contributed by atoms with Gasteiger partial charge in [0, 0.05) is 10.6 Å². The van der Waals surface area contributed by atoms with Crippen molar-refractivity contribution in [2.75, 3.05) is 0 Å². The first-order chi connectivity index (χ1) is 6.02. The molecule has 0 aliphatic carbocycles. The third-order valence-electron chi connectivity index (χ3n) is 1.49. The Bertz CT molecular complexity index is 351. The maximum atomic E-state index is 10.6. The molecule has 0 atom stereocenters. The van der Waals surface area contributed by atoms with E-state index in [1.807, 2.05) is 0 Å². The fraction of sp³-hybridized carbons (Fsp3) is 0.125. The number of rotatable bonds is 2. The summed E-state index contributed by atoms with van der Waals surface area (Å²) in [5, 5.41) is 1.04. The molecule has 0 bridgehead atoms. The zero-order valence-electron chi connectivity index (χ0n) is 6.48. The van der Waals surface area contributed by atoms with Crippen LogP contribution in [-0.2, 0) is 11.2 Å². The van der Waals surface area contributed by atoms with E-state index in [4.69, 9.17) is 40.5 Å². The van der Waals surface area contributed by atoms with Gasteiger partial charge in [-0.05, 0) is 12.1 Å². The normalized spacial score (nSPS) is 10.1. The van der Waals surface area contributed by atoms with Crippen LogP contribution in [-0.4, -0.2) is 5.91 Å². The second-order valence-electron chi connectivity index (χ2n) is 2.46. The molecule has 2 nitrogen and oxygen atoms in total. The van der Waals surface area contributed by atoms with Crippen LogP contribution >= 0.6 is 34.8 Å². The molecule has 0 aromatic heterocycles. The molecule has 1 rings (SSSR count). The van der Waals surface area contributed by atoms with E-state index in [0.717, 1.165) is 0 Å². The maximum absolute atomic E-state index is 10.6. The highest BCUT2D eigenvalue weighted by Gasteiger charge is 2.11. The Morgan fingerprint density at radius 2 is 1.77 bits per heavy atom. The van der Waals surface area contributed by atoms with Crippen LogP contribution in [0.1, 0.15) is 5.56 Å². The molecule has 1 amide bonds. The van der Waals surface area contributed by atoms with Crippen molar-refractivity contribution in [2.45, 2.75) is 6.42 Å². The Hall–Kier alpha value is -0.440. The van der Waals surface area contributed by atoms with Gasteiger partial charge >= 0.3 is 0 Å². The molecule has 70 valence electrons. The quantitative estimate of drug-likeness (QED) is 0.791. The minimum atomic E-state index is -0.494. The van der Waals surface area contributed by atoms with Crippen LogP contribution in [0.5, 0.6) is 0 Å². The first-order valence-electron chi connectivity index (χ1n) is 3.43. The summed E-state index contributed by atoms with van der Waals surface area (Å²) < 4.78 is 0. The van der Waals surface area contributed by atoms with E-state index in [-0.39, 0.29) is 11.4 Å². The predicted octanol–water partition coefficient (Wildman–Crippen LogP) is 2.67. The van der Waals surface area contributed by atoms with Crippen molar-refractivity contribution in [3.05, 3.63) is 32.8 Å². The van der Waals surface area contributed by atoms with E-state index in [1.165, 1.54) is 0 Å². The molecule has 5 heteroatoms. The van der Waals surface area contributed by atoms with Gasteiger partial charge in [-0.3, -0.25) is 4.79 Å². The number of primary amides is 1. The van der Waals surface area contributed by atoms with Crippen LogP contribution in [0.3, 0.4) is 0 Å². The van der Waals surface area contributed by atoms with Crippen molar-refractivity contribution in [2.24, 2.45) is 5.73 Å². The molecular weight excluding hydrogens is 232 g/mol. The minimum absolute atomic E-state index is 0.00176. The number of halogens is 3.